The predicted molar refractivity (Wildman–Crippen MR) is 92.7 cm³/mol. The third-order valence-electron chi connectivity index (χ3n) is 4.58. The summed E-state index contributed by atoms with van der Waals surface area (Å²) in [5.74, 6) is 0.633. The maximum absolute atomic E-state index is 15.4. The van der Waals surface area contributed by atoms with Crippen LogP contribution < -0.4 is 9.47 Å². The minimum Gasteiger partial charge on any atom is -0.481 e. The molecule has 0 atom stereocenters. The van der Waals surface area contributed by atoms with Gasteiger partial charge in [-0.3, -0.25) is 0 Å². The summed E-state index contributed by atoms with van der Waals surface area (Å²) >= 11 is 0. The highest BCUT2D eigenvalue weighted by atomic mass is 19.1. The van der Waals surface area contributed by atoms with Crippen molar-refractivity contribution in [3.63, 3.8) is 0 Å². The summed E-state index contributed by atoms with van der Waals surface area (Å²) in [6, 6.07) is 5.21. The number of ether oxygens (including phenoxy) is 2. The number of rotatable bonds is 5. The fourth-order valence-corrected chi connectivity index (χ4v) is 2.97. The second-order valence-electron chi connectivity index (χ2n) is 6.10. The van der Waals surface area contributed by atoms with Crippen LogP contribution in [0.2, 0.25) is 0 Å². The summed E-state index contributed by atoms with van der Waals surface area (Å²) in [7, 11) is 1.50. The van der Waals surface area contributed by atoms with Crippen molar-refractivity contribution in [2.45, 2.75) is 25.2 Å². The molecule has 2 aromatic heterocycles. The second-order valence-corrected chi connectivity index (χ2v) is 6.10. The van der Waals surface area contributed by atoms with Crippen molar-refractivity contribution in [3.8, 4) is 28.6 Å². The molecule has 1 fully saturated rings. The first-order valence-electron chi connectivity index (χ1n) is 8.38. The number of hydrogen-bond acceptors (Lipinski definition) is 6. The van der Waals surface area contributed by atoms with E-state index in [0.29, 0.717) is 22.9 Å². The molecule has 4 rings (SSSR count). The molecule has 0 saturated heterocycles. The lowest BCUT2D eigenvalue weighted by molar-refractivity contribution is 0.368. The highest BCUT2D eigenvalue weighted by Gasteiger charge is 2.27. The van der Waals surface area contributed by atoms with Gasteiger partial charge in [-0.15, -0.1) is 0 Å². The van der Waals surface area contributed by atoms with E-state index in [1.807, 2.05) is 6.07 Å². The second kappa shape index (κ2) is 7.03. The van der Waals surface area contributed by atoms with E-state index in [9.17, 15) is 0 Å². The molecule has 1 saturated carbocycles. The molecule has 132 valence electrons. The van der Waals surface area contributed by atoms with E-state index in [1.54, 1.807) is 18.5 Å². The molecule has 26 heavy (non-hydrogen) atoms. The summed E-state index contributed by atoms with van der Waals surface area (Å²) in [6.45, 7) is 0. The Hall–Kier alpha value is -3.09. The molecule has 7 heteroatoms. The zero-order valence-corrected chi connectivity index (χ0v) is 14.2. The molecule has 0 spiro atoms. The van der Waals surface area contributed by atoms with Gasteiger partial charge in [-0.05, 0) is 18.8 Å². The average Bonchev–Trinajstić information content (AvgIpc) is 2.64. The highest BCUT2D eigenvalue weighted by Crippen LogP contribution is 2.45. The Morgan fingerprint density at radius 1 is 1.04 bits per heavy atom. The van der Waals surface area contributed by atoms with Crippen molar-refractivity contribution >= 4 is 0 Å². The first kappa shape index (κ1) is 16.4. The molecule has 0 N–H and O–H groups in total. The molecule has 0 radical (unpaired) electrons. The first-order chi connectivity index (χ1) is 12.8. The topological polar surface area (TPSA) is 70.0 Å². The van der Waals surface area contributed by atoms with Crippen LogP contribution in [0, 0.1) is 5.82 Å². The van der Waals surface area contributed by atoms with Gasteiger partial charge in [-0.1, -0.05) is 18.6 Å². The van der Waals surface area contributed by atoms with Gasteiger partial charge in [0, 0.05) is 29.1 Å². The van der Waals surface area contributed by atoms with Crippen LogP contribution in [-0.4, -0.2) is 27.0 Å². The maximum atomic E-state index is 15.4. The lowest BCUT2D eigenvalue weighted by Crippen LogP contribution is -2.11. The van der Waals surface area contributed by atoms with Gasteiger partial charge in [0.1, 0.15) is 12.7 Å². The smallest absolute Gasteiger partial charge is 0.226 e. The van der Waals surface area contributed by atoms with Gasteiger partial charge in [0.25, 0.3) is 0 Å². The molecule has 0 bridgehead atoms. The number of methoxy groups -OCH3 is 1. The molecular formula is C19H17FN4O2. The van der Waals surface area contributed by atoms with Gasteiger partial charge in [0.05, 0.1) is 13.2 Å². The van der Waals surface area contributed by atoms with E-state index in [4.69, 9.17) is 9.47 Å². The Kier molecular flexibility index (Phi) is 4.43. The highest BCUT2D eigenvalue weighted by molar-refractivity contribution is 5.66. The third-order valence-corrected chi connectivity index (χ3v) is 4.58. The quantitative estimate of drug-likeness (QED) is 0.687. The fraction of sp³-hybridized carbons (Fsp3) is 0.263. The minimum absolute atomic E-state index is 0.191. The molecule has 6 nitrogen and oxygen atoms in total. The fourth-order valence-electron chi connectivity index (χ4n) is 2.97. The van der Waals surface area contributed by atoms with Crippen molar-refractivity contribution in [3.05, 3.63) is 54.6 Å². The van der Waals surface area contributed by atoms with Gasteiger partial charge in [-0.2, -0.15) is 0 Å². The van der Waals surface area contributed by atoms with Crippen LogP contribution in [0.3, 0.4) is 0 Å². The van der Waals surface area contributed by atoms with Crippen LogP contribution >= 0.6 is 0 Å². The number of benzene rings is 1. The molecule has 2 heterocycles. The summed E-state index contributed by atoms with van der Waals surface area (Å²) in [6.07, 6.45) is 9.07. The summed E-state index contributed by atoms with van der Waals surface area (Å²) in [5.41, 5.74) is 1.84. The first-order valence-corrected chi connectivity index (χ1v) is 8.38. The van der Waals surface area contributed by atoms with Crippen molar-refractivity contribution in [2.24, 2.45) is 0 Å². The molecular weight excluding hydrogens is 335 g/mol. The third kappa shape index (κ3) is 3.08. The van der Waals surface area contributed by atoms with Gasteiger partial charge in [0.2, 0.25) is 11.8 Å². The molecule has 0 aliphatic heterocycles. The molecule has 1 aliphatic carbocycles. The Balaban J connectivity index is 1.78. The van der Waals surface area contributed by atoms with Gasteiger partial charge >= 0.3 is 0 Å². The number of aromatic nitrogens is 4. The van der Waals surface area contributed by atoms with Crippen LogP contribution in [0.1, 0.15) is 30.7 Å². The Morgan fingerprint density at radius 2 is 1.81 bits per heavy atom. The summed E-state index contributed by atoms with van der Waals surface area (Å²) < 4.78 is 26.3. The molecule has 1 aromatic carbocycles. The SMILES string of the molecule is COc1cc(Oc2c(C3CCC3)ccc(-c3cncnc3)c2F)ncn1. The van der Waals surface area contributed by atoms with Crippen LogP contribution in [0.25, 0.3) is 11.1 Å². The van der Waals surface area contributed by atoms with Crippen molar-refractivity contribution in [1.82, 2.24) is 19.9 Å². The van der Waals surface area contributed by atoms with Crippen molar-refractivity contribution in [2.75, 3.05) is 7.11 Å². The van der Waals surface area contributed by atoms with E-state index < -0.39 is 5.82 Å². The van der Waals surface area contributed by atoms with E-state index >= 15 is 4.39 Å². The van der Waals surface area contributed by atoms with Gasteiger partial charge < -0.3 is 9.47 Å². The van der Waals surface area contributed by atoms with E-state index in [2.05, 4.69) is 19.9 Å². The van der Waals surface area contributed by atoms with Crippen molar-refractivity contribution < 1.29 is 13.9 Å². The standard InChI is InChI=1S/C19H17FN4O2/c1-25-16-7-17(24-11-23-16)26-19-15(12-3-2-4-12)6-5-14(18(19)20)13-8-21-10-22-9-13/h5-12H,2-4H2,1H3. The van der Waals surface area contributed by atoms with Gasteiger partial charge in [-0.25, -0.2) is 24.3 Å². The zero-order valence-electron chi connectivity index (χ0n) is 14.2. The number of hydrogen-bond donors (Lipinski definition) is 0. The van der Waals surface area contributed by atoms with Gasteiger partial charge in [0.15, 0.2) is 11.6 Å². The van der Waals surface area contributed by atoms with Crippen LogP contribution in [0.5, 0.6) is 17.5 Å². The maximum Gasteiger partial charge on any atom is 0.226 e. The molecule has 3 aromatic rings. The Labute approximate surface area is 150 Å². The monoisotopic (exact) mass is 352 g/mol. The number of nitrogens with zero attached hydrogens (tertiary/aromatic N) is 4. The normalized spacial score (nSPS) is 13.9. The lowest BCUT2D eigenvalue weighted by Gasteiger charge is -2.28. The summed E-state index contributed by atoms with van der Waals surface area (Å²) in [5, 5.41) is 0. The predicted octanol–water partition coefficient (Wildman–Crippen LogP) is 4.14. The largest absolute Gasteiger partial charge is 0.481 e. The van der Waals surface area contributed by atoms with Crippen LogP contribution in [0.15, 0.2) is 43.2 Å². The van der Waals surface area contributed by atoms with E-state index in [-0.39, 0.29) is 11.6 Å². The lowest BCUT2D eigenvalue weighted by atomic mass is 9.79. The molecule has 0 amide bonds. The van der Waals surface area contributed by atoms with E-state index in [1.165, 1.54) is 25.8 Å². The van der Waals surface area contributed by atoms with Crippen LogP contribution in [0.4, 0.5) is 4.39 Å². The number of halogens is 1. The van der Waals surface area contributed by atoms with Crippen molar-refractivity contribution in [1.29, 1.82) is 0 Å². The Bertz CT molecular complexity index is 917. The zero-order chi connectivity index (χ0) is 17.9. The minimum atomic E-state index is -0.443. The molecule has 0 unspecified atom stereocenters. The van der Waals surface area contributed by atoms with Crippen LogP contribution in [-0.2, 0) is 0 Å². The molecule has 1 aliphatic rings. The Morgan fingerprint density at radius 3 is 2.50 bits per heavy atom. The average molecular weight is 352 g/mol. The van der Waals surface area contributed by atoms with E-state index in [0.717, 1.165) is 24.8 Å². The summed E-state index contributed by atoms with van der Waals surface area (Å²) in [4.78, 5) is 15.9.